The summed E-state index contributed by atoms with van der Waals surface area (Å²) in [6, 6.07) is 0. The Morgan fingerprint density at radius 1 is 1.47 bits per heavy atom. The third-order valence-electron chi connectivity index (χ3n) is 3.05. The standard InChI is InChI=1S/C11H19N3O/c12-11-13-5-6-14(11)7-8-15-9-10-3-1-2-4-10/h5-6,10H,1-4,7-9H2,(H2,12,13). The summed E-state index contributed by atoms with van der Waals surface area (Å²) in [5, 5.41) is 0. The molecule has 1 aliphatic carbocycles. The smallest absolute Gasteiger partial charge is 0.200 e. The molecule has 1 aromatic rings. The summed E-state index contributed by atoms with van der Waals surface area (Å²) in [6.45, 7) is 2.45. The van der Waals surface area contributed by atoms with Crippen molar-refractivity contribution in [2.75, 3.05) is 18.9 Å². The maximum atomic E-state index is 5.64. The van der Waals surface area contributed by atoms with Crippen LogP contribution < -0.4 is 5.73 Å². The largest absolute Gasteiger partial charge is 0.379 e. The van der Waals surface area contributed by atoms with Gasteiger partial charge in [-0.3, -0.25) is 0 Å². The van der Waals surface area contributed by atoms with Crippen LogP contribution in [-0.2, 0) is 11.3 Å². The molecule has 0 aromatic carbocycles. The summed E-state index contributed by atoms with van der Waals surface area (Å²) >= 11 is 0. The molecule has 0 saturated heterocycles. The van der Waals surface area contributed by atoms with Gasteiger partial charge in [0.2, 0.25) is 0 Å². The van der Waals surface area contributed by atoms with Gasteiger partial charge < -0.3 is 15.0 Å². The van der Waals surface area contributed by atoms with Crippen molar-refractivity contribution in [2.24, 2.45) is 5.92 Å². The molecule has 0 amide bonds. The molecule has 4 heteroatoms. The first-order valence-corrected chi connectivity index (χ1v) is 5.70. The van der Waals surface area contributed by atoms with Crippen LogP contribution in [0.15, 0.2) is 12.4 Å². The molecule has 1 aliphatic rings. The van der Waals surface area contributed by atoms with Gasteiger partial charge in [-0.25, -0.2) is 4.98 Å². The Morgan fingerprint density at radius 3 is 2.93 bits per heavy atom. The van der Waals surface area contributed by atoms with Gasteiger partial charge in [-0.15, -0.1) is 0 Å². The maximum absolute atomic E-state index is 5.64. The molecule has 0 aliphatic heterocycles. The van der Waals surface area contributed by atoms with E-state index in [0.29, 0.717) is 5.95 Å². The molecule has 1 saturated carbocycles. The SMILES string of the molecule is Nc1nccn1CCOCC1CCCC1. The van der Waals surface area contributed by atoms with Crippen molar-refractivity contribution in [3.8, 4) is 0 Å². The second-order valence-electron chi connectivity index (χ2n) is 4.20. The number of anilines is 1. The second kappa shape index (κ2) is 5.16. The summed E-state index contributed by atoms with van der Waals surface area (Å²) < 4.78 is 7.55. The van der Waals surface area contributed by atoms with E-state index in [4.69, 9.17) is 10.5 Å². The molecule has 0 spiro atoms. The Kier molecular flexibility index (Phi) is 3.61. The lowest BCUT2D eigenvalue weighted by molar-refractivity contribution is 0.0952. The number of imidazole rings is 1. The van der Waals surface area contributed by atoms with Crippen LogP contribution in [0.5, 0.6) is 0 Å². The van der Waals surface area contributed by atoms with E-state index in [1.54, 1.807) is 6.20 Å². The van der Waals surface area contributed by atoms with Crippen molar-refractivity contribution in [3.63, 3.8) is 0 Å². The number of nitrogen functional groups attached to an aromatic ring is 1. The van der Waals surface area contributed by atoms with Crippen molar-refractivity contribution >= 4 is 5.95 Å². The summed E-state index contributed by atoms with van der Waals surface area (Å²) in [6.07, 6.45) is 9.03. The number of ether oxygens (including phenoxy) is 1. The summed E-state index contributed by atoms with van der Waals surface area (Å²) in [5.74, 6) is 1.37. The van der Waals surface area contributed by atoms with Gasteiger partial charge in [-0.1, -0.05) is 12.8 Å². The van der Waals surface area contributed by atoms with Gasteiger partial charge in [0.15, 0.2) is 5.95 Å². The fraction of sp³-hybridized carbons (Fsp3) is 0.727. The van der Waals surface area contributed by atoms with Crippen molar-refractivity contribution < 1.29 is 4.74 Å². The van der Waals surface area contributed by atoms with Gasteiger partial charge in [-0.05, 0) is 18.8 Å². The molecule has 1 heterocycles. The average Bonchev–Trinajstić information content (AvgIpc) is 2.85. The monoisotopic (exact) mass is 209 g/mol. The minimum absolute atomic E-state index is 0.569. The zero-order valence-electron chi connectivity index (χ0n) is 9.06. The number of nitrogens with zero attached hydrogens (tertiary/aromatic N) is 2. The van der Waals surface area contributed by atoms with Crippen molar-refractivity contribution in [1.82, 2.24) is 9.55 Å². The lowest BCUT2D eigenvalue weighted by Gasteiger charge is -2.10. The maximum Gasteiger partial charge on any atom is 0.200 e. The van der Waals surface area contributed by atoms with Crippen LogP contribution in [0.3, 0.4) is 0 Å². The van der Waals surface area contributed by atoms with E-state index in [1.165, 1.54) is 25.7 Å². The first-order chi connectivity index (χ1) is 7.36. The highest BCUT2D eigenvalue weighted by atomic mass is 16.5. The van der Waals surface area contributed by atoms with Gasteiger partial charge in [0.25, 0.3) is 0 Å². The molecule has 0 unspecified atom stereocenters. The lowest BCUT2D eigenvalue weighted by atomic mass is 10.1. The number of nitrogens with two attached hydrogens (primary N) is 1. The van der Waals surface area contributed by atoms with Gasteiger partial charge in [0, 0.05) is 25.5 Å². The summed E-state index contributed by atoms with van der Waals surface area (Å²) in [4.78, 5) is 3.96. The Bertz CT molecular complexity index is 292. The number of aromatic nitrogens is 2. The molecule has 0 bridgehead atoms. The van der Waals surface area contributed by atoms with Crippen molar-refractivity contribution in [1.29, 1.82) is 0 Å². The highest BCUT2D eigenvalue weighted by Crippen LogP contribution is 2.24. The predicted octanol–water partition coefficient (Wildman–Crippen LogP) is 1.67. The molecule has 1 fully saturated rings. The average molecular weight is 209 g/mol. The van der Waals surface area contributed by atoms with Gasteiger partial charge in [0.05, 0.1) is 6.61 Å². The molecule has 0 radical (unpaired) electrons. The van der Waals surface area contributed by atoms with E-state index in [9.17, 15) is 0 Å². The molecule has 2 rings (SSSR count). The lowest BCUT2D eigenvalue weighted by Crippen LogP contribution is -2.12. The Balaban J connectivity index is 1.60. The molecule has 0 atom stereocenters. The Hall–Kier alpha value is -1.03. The van der Waals surface area contributed by atoms with Crippen LogP contribution in [0.1, 0.15) is 25.7 Å². The first-order valence-electron chi connectivity index (χ1n) is 5.70. The highest BCUT2D eigenvalue weighted by Gasteiger charge is 2.14. The van der Waals surface area contributed by atoms with Gasteiger partial charge >= 0.3 is 0 Å². The molecule has 15 heavy (non-hydrogen) atoms. The zero-order valence-corrected chi connectivity index (χ0v) is 9.06. The van der Waals surface area contributed by atoms with Crippen LogP contribution >= 0.6 is 0 Å². The number of rotatable bonds is 5. The third-order valence-corrected chi connectivity index (χ3v) is 3.05. The van der Waals surface area contributed by atoms with E-state index in [-0.39, 0.29) is 0 Å². The normalized spacial score (nSPS) is 17.3. The zero-order chi connectivity index (χ0) is 10.5. The van der Waals surface area contributed by atoms with Crippen LogP contribution in [-0.4, -0.2) is 22.8 Å². The second-order valence-corrected chi connectivity index (χ2v) is 4.20. The molecule has 2 N–H and O–H groups in total. The highest BCUT2D eigenvalue weighted by molar-refractivity contribution is 5.16. The molecular weight excluding hydrogens is 190 g/mol. The van der Waals surface area contributed by atoms with E-state index in [1.807, 2.05) is 10.8 Å². The molecular formula is C11H19N3O. The minimum Gasteiger partial charge on any atom is -0.379 e. The number of hydrogen-bond acceptors (Lipinski definition) is 3. The topological polar surface area (TPSA) is 53.1 Å². The van der Waals surface area contributed by atoms with E-state index < -0.39 is 0 Å². The van der Waals surface area contributed by atoms with Crippen LogP contribution in [0.2, 0.25) is 0 Å². The quantitative estimate of drug-likeness (QED) is 0.750. The van der Waals surface area contributed by atoms with E-state index in [2.05, 4.69) is 4.98 Å². The molecule has 1 aromatic heterocycles. The van der Waals surface area contributed by atoms with Crippen molar-refractivity contribution in [2.45, 2.75) is 32.2 Å². The fourth-order valence-corrected chi connectivity index (χ4v) is 2.12. The van der Waals surface area contributed by atoms with Crippen LogP contribution in [0.4, 0.5) is 5.95 Å². The van der Waals surface area contributed by atoms with Crippen molar-refractivity contribution in [3.05, 3.63) is 12.4 Å². The van der Waals surface area contributed by atoms with Crippen LogP contribution in [0, 0.1) is 5.92 Å². The predicted molar refractivity (Wildman–Crippen MR) is 59.4 cm³/mol. The van der Waals surface area contributed by atoms with E-state index >= 15 is 0 Å². The summed E-state index contributed by atoms with van der Waals surface area (Å²) in [7, 11) is 0. The first kappa shape index (κ1) is 10.5. The summed E-state index contributed by atoms with van der Waals surface area (Å²) in [5.41, 5.74) is 5.64. The van der Waals surface area contributed by atoms with E-state index in [0.717, 1.165) is 25.7 Å². The van der Waals surface area contributed by atoms with Gasteiger partial charge in [0.1, 0.15) is 0 Å². The fourth-order valence-electron chi connectivity index (χ4n) is 2.12. The van der Waals surface area contributed by atoms with Gasteiger partial charge in [-0.2, -0.15) is 0 Å². The Labute approximate surface area is 90.4 Å². The Morgan fingerprint density at radius 2 is 2.27 bits per heavy atom. The molecule has 4 nitrogen and oxygen atoms in total. The van der Waals surface area contributed by atoms with Crippen LogP contribution in [0.25, 0.3) is 0 Å². The minimum atomic E-state index is 0.569. The third kappa shape index (κ3) is 2.96. The number of hydrogen-bond donors (Lipinski definition) is 1. The molecule has 84 valence electrons.